The van der Waals surface area contributed by atoms with Crippen LogP contribution in [0.5, 0.6) is 0 Å². The van der Waals surface area contributed by atoms with Crippen LogP contribution in [0.4, 0.5) is 40.2 Å². The Labute approximate surface area is 172 Å². The normalized spacial score (nSPS) is 14.6. The minimum Gasteiger partial charge on any atom is -0.418 e. The Balaban J connectivity index is 0.000000378. The summed E-state index contributed by atoms with van der Waals surface area (Å²) >= 11 is 11.9. The van der Waals surface area contributed by atoms with E-state index in [4.69, 9.17) is 34.0 Å². The largest absolute Gasteiger partial charge is 0.673 e. The molecule has 30 heavy (non-hydrogen) atoms. The van der Waals surface area contributed by atoms with Crippen LogP contribution in [-0.2, 0) is 4.79 Å². The summed E-state index contributed by atoms with van der Waals surface area (Å²) in [5, 5.41) is 18.0. The zero-order valence-corrected chi connectivity index (χ0v) is 15.5. The molecule has 0 spiro atoms. The number of hydrogen-bond acceptors (Lipinski definition) is 3. The van der Waals surface area contributed by atoms with Crippen LogP contribution in [0, 0.1) is 10.8 Å². The molecular weight excluding hydrogens is 473 g/mol. The first-order chi connectivity index (χ1) is 13.6. The van der Waals surface area contributed by atoms with Gasteiger partial charge in [0.05, 0.1) is 0 Å². The van der Waals surface area contributed by atoms with Crippen LogP contribution in [0.15, 0.2) is 34.5 Å². The molecule has 0 N–H and O–H groups in total. The molecule has 5 nitrogen and oxygen atoms in total. The molecule has 0 aromatic heterocycles. The van der Waals surface area contributed by atoms with E-state index in [1.807, 2.05) is 0 Å². The molecular formula is C13H4B2Cl2F8N4O. The van der Waals surface area contributed by atoms with Crippen molar-refractivity contribution < 1.29 is 39.3 Å². The fourth-order valence-corrected chi connectivity index (χ4v) is 2.69. The Kier molecular flexibility index (Phi) is 7.77. The fraction of sp³-hybridized carbons (Fsp3) is 0. The first kappa shape index (κ1) is 25.1. The van der Waals surface area contributed by atoms with Crippen LogP contribution >= 0.6 is 23.2 Å². The number of fused-ring (bicyclic) bond motifs is 3. The summed E-state index contributed by atoms with van der Waals surface area (Å²) in [5.74, 6) is -0.468. The van der Waals surface area contributed by atoms with Gasteiger partial charge in [0.15, 0.2) is 9.95 Å². The number of nitrogens with zero attached hydrogens (tertiary/aromatic N) is 4. The highest BCUT2D eigenvalue weighted by Gasteiger charge is 2.39. The van der Waals surface area contributed by atoms with Crippen LogP contribution in [0.3, 0.4) is 0 Å². The summed E-state index contributed by atoms with van der Waals surface area (Å²) in [6, 6.07) is 3.15. The molecule has 0 saturated heterocycles. The van der Waals surface area contributed by atoms with Gasteiger partial charge in [-0.25, -0.2) is 0 Å². The van der Waals surface area contributed by atoms with Gasteiger partial charge in [-0.2, -0.15) is 0 Å². The Hall–Kier alpha value is -2.90. The van der Waals surface area contributed by atoms with Gasteiger partial charge in [0.2, 0.25) is 10.8 Å². The zero-order valence-electron chi connectivity index (χ0n) is 13.9. The van der Waals surface area contributed by atoms with Crippen molar-refractivity contribution in [1.82, 2.24) is 0 Å². The molecule has 3 rings (SSSR count). The minimum absolute atomic E-state index is 0.0598. The SMILES string of the molecule is F[B-](F)(F)F.F[B-](F)(F)F.N#[N+]C1=C(Cl)C=C2C(=Cc3cc([N+]#N)c(Cl)cc32)C1=O. The van der Waals surface area contributed by atoms with Gasteiger partial charge in [0.25, 0.3) is 5.78 Å². The smallest absolute Gasteiger partial charge is 0.418 e. The molecule has 2 aliphatic rings. The second kappa shape index (κ2) is 9.28. The van der Waals surface area contributed by atoms with Gasteiger partial charge >= 0.3 is 25.9 Å². The molecule has 0 heterocycles. The van der Waals surface area contributed by atoms with E-state index < -0.39 is 20.3 Å². The molecule has 0 radical (unpaired) electrons. The lowest BCUT2D eigenvalue weighted by molar-refractivity contribution is -0.111. The first-order valence-electron chi connectivity index (χ1n) is 7.23. The van der Waals surface area contributed by atoms with Crippen LogP contribution in [0.1, 0.15) is 11.1 Å². The summed E-state index contributed by atoms with van der Waals surface area (Å²) in [4.78, 5) is 18.1. The first-order valence-corrected chi connectivity index (χ1v) is 7.99. The average molecular weight is 477 g/mol. The molecule has 158 valence electrons. The highest BCUT2D eigenvalue weighted by atomic mass is 35.5. The van der Waals surface area contributed by atoms with Crippen LogP contribution < -0.4 is 0 Å². The standard InChI is InChI=1S/C13H4Cl2N4O.2BF4/c14-9-3-6-5(2-11(9)18-16)1-8-7(6)4-10(15)12(19-17)13(8)20;2*2-1(3,4)5/h1-4H;;/q+2;2*-1. The number of halogens is 10. The molecule has 2 aliphatic carbocycles. The van der Waals surface area contributed by atoms with Crippen molar-refractivity contribution in [3.8, 4) is 0 Å². The van der Waals surface area contributed by atoms with Crippen molar-refractivity contribution in [3.63, 3.8) is 0 Å². The van der Waals surface area contributed by atoms with Gasteiger partial charge in [-0.1, -0.05) is 23.2 Å². The molecule has 1 aromatic rings. The highest BCUT2D eigenvalue weighted by molar-refractivity contribution is 6.50. The molecule has 0 aliphatic heterocycles. The van der Waals surface area contributed by atoms with E-state index in [9.17, 15) is 39.3 Å². The maximum absolute atomic E-state index is 12.1. The molecule has 0 amide bonds. The lowest BCUT2D eigenvalue weighted by Gasteiger charge is -2.07. The van der Waals surface area contributed by atoms with Crippen molar-refractivity contribution >= 4 is 60.8 Å². The summed E-state index contributed by atoms with van der Waals surface area (Å²) in [5.41, 5.74) is 2.37. The number of rotatable bonds is 0. The Morgan fingerprint density at radius 3 is 1.73 bits per heavy atom. The maximum Gasteiger partial charge on any atom is 0.673 e. The van der Waals surface area contributed by atoms with E-state index in [-0.39, 0.29) is 21.4 Å². The molecule has 0 fully saturated rings. The highest BCUT2D eigenvalue weighted by Crippen LogP contribution is 2.45. The lowest BCUT2D eigenvalue weighted by atomic mass is 9.94. The van der Waals surface area contributed by atoms with E-state index in [2.05, 4.69) is 9.95 Å². The zero-order chi connectivity index (χ0) is 23.4. The summed E-state index contributed by atoms with van der Waals surface area (Å²) < 4.78 is 78.0. The summed E-state index contributed by atoms with van der Waals surface area (Å²) in [6.07, 6.45) is 3.16. The van der Waals surface area contributed by atoms with E-state index in [0.717, 1.165) is 0 Å². The third kappa shape index (κ3) is 7.17. The second-order valence-corrected chi connectivity index (χ2v) is 6.04. The quantitative estimate of drug-likeness (QED) is 0.228. The number of carbonyl (C=O) groups excluding carboxylic acids is 1. The second-order valence-electron chi connectivity index (χ2n) is 5.22. The van der Waals surface area contributed by atoms with Crippen molar-refractivity contribution in [3.05, 3.63) is 60.6 Å². The number of Topliss-reactive ketones (excluding diaryl/α,β-unsaturated/α-hetero) is 1. The van der Waals surface area contributed by atoms with Crippen molar-refractivity contribution in [1.29, 1.82) is 10.8 Å². The average Bonchev–Trinajstić information content (AvgIpc) is 2.89. The van der Waals surface area contributed by atoms with E-state index in [1.54, 1.807) is 24.3 Å². The summed E-state index contributed by atoms with van der Waals surface area (Å²) in [7, 11) is -12.0. The molecule has 1 aromatic carbocycles. The Morgan fingerprint density at radius 2 is 1.30 bits per heavy atom. The molecule has 0 unspecified atom stereocenters. The van der Waals surface area contributed by atoms with Crippen LogP contribution in [0.2, 0.25) is 5.02 Å². The van der Waals surface area contributed by atoms with Gasteiger partial charge in [-0.3, -0.25) is 4.79 Å². The molecule has 0 atom stereocenters. The van der Waals surface area contributed by atoms with E-state index in [0.29, 0.717) is 22.3 Å². The number of diazo groups is 2. The molecule has 17 heteroatoms. The van der Waals surface area contributed by atoms with Crippen LogP contribution in [-0.4, -0.2) is 20.3 Å². The van der Waals surface area contributed by atoms with E-state index >= 15 is 0 Å². The lowest BCUT2D eigenvalue weighted by Crippen LogP contribution is -2.08. The molecule has 0 bridgehead atoms. The van der Waals surface area contributed by atoms with Crippen molar-refractivity contribution in [2.75, 3.05) is 0 Å². The van der Waals surface area contributed by atoms with Gasteiger partial charge < -0.3 is 34.5 Å². The Bertz CT molecular complexity index is 1040. The number of benzene rings is 1. The van der Waals surface area contributed by atoms with Crippen molar-refractivity contribution in [2.45, 2.75) is 0 Å². The van der Waals surface area contributed by atoms with Gasteiger partial charge in [0, 0.05) is 11.6 Å². The Morgan fingerprint density at radius 1 is 0.800 bits per heavy atom. The van der Waals surface area contributed by atoms with Gasteiger partial charge in [0.1, 0.15) is 10.1 Å². The number of allylic oxidation sites excluding steroid dienone is 4. The minimum atomic E-state index is -6.00. The predicted octanol–water partition coefficient (Wildman–Crippen LogP) is 7.09. The summed E-state index contributed by atoms with van der Waals surface area (Å²) in [6.45, 7) is 0. The van der Waals surface area contributed by atoms with E-state index in [1.165, 1.54) is 0 Å². The number of ketones is 1. The number of carbonyl (C=O) groups is 1. The maximum atomic E-state index is 12.1. The topological polar surface area (TPSA) is 73.4 Å². The third-order valence-corrected chi connectivity index (χ3v) is 3.75. The van der Waals surface area contributed by atoms with Crippen LogP contribution in [0.25, 0.3) is 21.6 Å². The fourth-order valence-electron chi connectivity index (χ4n) is 2.25. The van der Waals surface area contributed by atoms with Gasteiger partial charge in [-0.05, 0) is 34.9 Å². The van der Waals surface area contributed by atoms with Crippen molar-refractivity contribution in [2.24, 2.45) is 0 Å². The monoisotopic (exact) mass is 476 g/mol. The third-order valence-electron chi connectivity index (χ3n) is 3.16. The predicted molar refractivity (Wildman–Crippen MR) is 95.5 cm³/mol. The van der Waals surface area contributed by atoms with Gasteiger partial charge in [-0.15, -0.1) is 0 Å². The number of hydrogen-bond donors (Lipinski definition) is 0. The molecule has 0 saturated carbocycles.